The molecule has 6 heteroatoms. The van der Waals surface area contributed by atoms with Gasteiger partial charge in [-0.3, -0.25) is 4.98 Å². The van der Waals surface area contributed by atoms with Crippen LogP contribution in [0.4, 0.5) is 5.69 Å². The zero-order valence-corrected chi connectivity index (χ0v) is 12.2. The SMILES string of the molecule is COc1nnc(-c2cccnc2C)cc1N1CCOCC1. The minimum absolute atomic E-state index is 0.544. The molecule has 1 aliphatic heterocycles. The number of hydrogen-bond acceptors (Lipinski definition) is 6. The van der Waals surface area contributed by atoms with E-state index in [1.54, 1.807) is 13.3 Å². The Morgan fingerprint density at radius 3 is 2.76 bits per heavy atom. The first-order valence-corrected chi connectivity index (χ1v) is 6.96. The van der Waals surface area contributed by atoms with Gasteiger partial charge in [0.25, 0.3) is 5.88 Å². The number of morpholine rings is 1. The highest BCUT2D eigenvalue weighted by Crippen LogP contribution is 2.30. The van der Waals surface area contributed by atoms with Gasteiger partial charge in [0.05, 0.1) is 26.0 Å². The number of aryl methyl sites for hydroxylation is 1. The summed E-state index contributed by atoms with van der Waals surface area (Å²) < 4.78 is 10.7. The van der Waals surface area contributed by atoms with Crippen LogP contribution in [0.25, 0.3) is 11.3 Å². The van der Waals surface area contributed by atoms with Gasteiger partial charge in [-0.15, -0.1) is 10.2 Å². The van der Waals surface area contributed by atoms with E-state index in [4.69, 9.17) is 9.47 Å². The Morgan fingerprint density at radius 2 is 2.05 bits per heavy atom. The lowest BCUT2D eigenvalue weighted by molar-refractivity contribution is 0.122. The molecule has 0 radical (unpaired) electrons. The molecule has 0 spiro atoms. The Labute approximate surface area is 123 Å². The lowest BCUT2D eigenvalue weighted by atomic mass is 10.1. The van der Waals surface area contributed by atoms with Crippen LogP contribution in [0.2, 0.25) is 0 Å². The van der Waals surface area contributed by atoms with E-state index in [1.807, 2.05) is 25.1 Å². The van der Waals surface area contributed by atoms with Crippen molar-refractivity contribution in [2.24, 2.45) is 0 Å². The number of hydrogen-bond donors (Lipinski definition) is 0. The van der Waals surface area contributed by atoms with E-state index in [0.717, 1.165) is 35.7 Å². The number of pyridine rings is 1. The average Bonchev–Trinajstić information content (AvgIpc) is 2.55. The number of nitrogens with zero attached hydrogens (tertiary/aromatic N) is 4. The molecule has 0 amide bonds. The lowest BCUT2D eigenvalue weighted by Crippen LogP contribution is -2.36. The molecular formula is C15H18N4O2. The third-order valence-corrected chi connectivity index (χ3v) is 3.57. The zero-order valence-electron chi connectivity index (χ0n) is 12.2. The number of ether oxygens (including phenoxy) is 2. The van der Waals surface area contributed by atoms with Crippen LogP contribution in [-0.2, 0) is 4.74 Å². The zero-order chi connectivity index (χ0) is 14.7. The van der Waals surface area contributed by atoms with Crippen LogP contribution in [0.1, 0.15) is 5.69 Å². The molecule has 110 valence electrons. The number of methoxy groups -OCH3 is 1. The van der Waals surface area contributed by atoms with E-state index in [-0.39, 0.29) is 0 Å². The van der Waals surface area contributed by atoms with Gasteiger partial charge in [-0.1, -0.05) is 0 Å². The van der Waals surface area contributed by atoms with Crippen molar-refractivity contribution in [3.63, 3.8) is 0 Å². The minimum atomic E-state index is 0.544. The summed E-state index contributed by atoms with van der Waals surface area (Å²) in [7, 11) is 1.61. The molecule has 0 aromatic carbocycles. The normalized spacial score (nSPS) is 15.0. The van der Waals surface area contributed by atoms with Gasteiger partial charge < -0.3 is 14.4 Å². The predicted molar refractivity (Wildman–Crippen MR) is 79.6 cm³/mol. The Hall–Kier alpha value is -2.21. The highest BCUT2D eigenvalue weighted by Gasteiger charge is 2.18. The fourth-order valence-corrected chi connectivity index (χ4v) is 2.43. The van der Waals surface area contributed by atoms with E-state index >= 15 is 0 Å². The molecule has 1 aliphatic rings. The van der Waals surface area contributed by atoms with Gasteiger partial charge in [0, 0.05) is 30.5 Å². The van der Waals surface area contributed by atoms with Crippen molar-refractivity contribution in [2.45, 2.75) is 6.92 Å². The van der Waals surface area contributed by atoms with Gasteiger partial charge >= 0.3 is 0 Å². The third kappa shape index (κ3) is 2.80. The molecular weight excluding hydrogens is 268 g/mol. The van der Waals surface area contributed by atoms with Crippen LogP contribution in [-0.4, -0.2) is 48.6 Å². The predicted octanol–water partition coefficient (Wildman–Crippen LogP) is 1.69. The summed E-state index contributed by atoms with van der Waals surface area (Å²) in [6.45, 7) is 5.05. The van der Waals surface area contributed by atoms with Gasteiger partial charge in [0.2, 0.25) is 0 Å². The second kappa shape index (κ2) is 6.05. The molecule has 2 aromatic heterocycles. The van der Waals surface area contributed by atoms with Gasteiger partial charge in [-0.05, 0) is 25.1 Å². The van der Waals surface area contributed by atoms with E-state index in [9.17, 15) is 0 Å². The quantitative estimate of drug-likeness (QED) is 0.855. The molecule has 3 heterocycles. The van der Waals surface area contributed by atoms with Gasteiger partial charge in [-0.2, -0.15) is 0 Å². The van der Waals surface area contributed by atoms with Crippen molar-refractivity contribution in [3.05, 3.63) is 30.1 Å². The summed E-state index contributed by atoms with van der Waals surface area (Å²) in [4.78, 5) is 6.52. The molecule has 0 N–H and O–H groups in total. The summed E-state index contributed by atoms with van der Waals surface area (Å²) in [6, 6.07) is 5.92. The van der Waals surface area contributed by atoms with Crippen molar-refractivity contribution in [2.75, 3.05) is 38.3 Å². The average molecular weight is 286 g/mol. The summed E-state index contributed by atoms with van der Waals surface area (Å²) in [5, 5.41) is 8.47. The van der Waals surface area contributed by atoms with E-state index in [0.29, 0.717) is 19.1 Å². The molecule has 0 saturated carbocycles. The van der Waals surface area contributed by atoms with E-state index in [1.165, 1.54) is 0 Å². The van der Waals surface area contributed by atoms with Crippen LogP contribution < -0.4 is 9.64 Å². The first-order chi connectivity index (χ1) is 10.3. The van der Waals surface area contributed by atoms with Crippen LogP contribution in [0.15, 0.2) is 24.4 Å². The van der Waals surface area contributed by atoms with Crippen LogP contribution >= 0.6 is 0 Å². The summed E-state index contributed by atoms with van der Waals surface area (Å²) in [5.41, 5.74) is 3.68. The van der Waals surface area contributed by atoms with Gasteiger partial charge in [0.1, 0.15) is 5.69 Å². The molecule has 0 unspecified atom stereocenters. The Bertz CT molecular complexity index is 627. The molecule has 1 saturated heterocycles. The monoisotopic (exact) mass is 286 g/mol. The standard InChI is InChI=1S/C15H18N4O2/c1-11-12(4-3-5-16-11)13-10-14(15(20-2)18-17-13)19-6-8-21-9-7-19/h3-5,10H,6-9H2,1-2H3. The smallest absolute Gasteiger partial charge is 0.257 e. The maximum Gasteiger partial charge on any atom is 0.257 e. The Kier molecular flexibility index (Phi) is 3.96. The second-order valence-corrected chi connectivity index (χ2v) is 4.86. The number of rotatable bonds is 3. The molecule has 1 fully saturated rings. The molecule has 0 bridgehead atoms. The molecule has 0 aliphatic carbocycles. The third-order valence-electron chi connectivity index (χ3n) is 3.57. The van der Waals surface area contributed by atoms with Crippen molar-refractivity contribution in [1.82, 2.24) is 15.2 Å². The van der Waals surface area contributed by atoms with Gasteiger partial charge in [0.15, 0.2) is 0 Å². The summed E-state index contributed by atoms with van der Waals surface area (Å²) in [5.74, 6) is 0.544. The topological polar surface area (TPSA) is 60.4 Å². The van der Waals surface area contributed by atoms with Crippen LogP contribution in [0, 0.1) is 6.92 Å². The highest BCUT2D eigenvalue weighted by atomic mass is 16.5. The molecule has 21 heavy (non-hydrogen) atoms. The van der Waals surface area contributed by atoms with E-state index in [2.05, 4.69) is 20.1 Å². The Morgan fingerprint density at radius 1 is 1.24 bits per heavy atom. The van der Waals surface area contributed by atoms with Crippen molar-refractivity contribution < 1.29 is 9.47 Å². The number of anilines is 1. The molecule has 3 rings (SSSR count). The van der Waals surface area contributed by atoms with Crippen molar-refractivity contribution in [1.29, 1.82) is 0 Å². The first-order valence-electron chi connectivity index (χ1n) is 6.96. The van der Waals surface area contributed by atoms with Crippen LogP contribution in [0.5, 0.6) is 5.88 Å². The molecule has 0 atom stereocenters. The largest absolute Gasteiger partial charge is 0.478 e. The lowest BCUT2D eigenvalue weighted by Gasteiger charge is -2.29. The van der Waals surface area contributed by atoms with Crippen LogP contribution in [0.3, 0.4) is 0 Å². The van der Waals surface area contributed by atoms with Crippen molar-refractivity contribution >= 4 is 5.69 Å². The van der Waals surface area contributed by atoms with Crippen molar-refractivity contribution in [3.8, 4) is 17.1 Å². The minimum Gasteiger partial charge on any atom is -0.478 e. The summed E-state index contributed by atoms with van der Waals surface area (Å²) in [6.07, 6.45) is 1.78. The molecule has 6 nitrogen and oxygen atoms in total. The van der Waals surface area contributed by atoms with Gasteiger partial charge in [-0.25, -0.2) is 0 Å². The fourth-order valence-electron chi connectivity index (χ4n) is 2.43. The maximum atomic E-state index is 5.40. The maximum absolute atomic E-state index is 5.40. The van der Waals surface area contributed by atoms with E-state index < -0.39 is 0 Å². The second-order valence-electron chi connectivity index (χ2n) is 4.86. The molecule has 2 aromatic rings. The summed E-state index contributed by atoms with van der Waals surface area (Å²) >= 11 is 0. The Balaban J connectivity index is 2.02. The number of aromatic nitrogens is 3. The first kappa shape index (κ1) is 13.8. The fraction of sp³-hybridized carbons (Fsp3) is 0.400. The highest BCUT2D eigenvalue weighted by molar-refractivity contribution is 5.68.